The molecule has 0 spiro atoms. The quantitative estimate of drug-likeness (QED) is 0.740. The van der Waals surface area contributed by atoms with Crippen molar-refractivity contribution in [3.05, 3.63) is 35.9 Å². The zero-order valence-corrected chi connectivity index (χ0v) is 10.4. The van der Waals surface area contributed by atoms with Crippen molar-refractivity contribution in [2.45, 2.75) is 51.6 Å². The Morgan fingerprint density at radius 2 is 2.00 bits per heavy atom. The third-order valence-electron chi connectivity index (χ3n) is 3.60. The van der Waals surface area contributed by atoms with E-state index in [0.717, 1.165) is 12.6 Å². The van der Waals surface area contributed by atoms with Gasteiger partial charge in [-0.2, -0.15) is 0 Å². The van der Waals surface area contributed by atoms with Crippen LogP contribution in [0.5, 0.6) is 0 Å². The highest BCUT2D eigenvalue weighted by molar-refractivity contribution is 5.14. The fraction of sp³-hybridized carbons (Fsp3) is 0.600. The van der Waals surface area contributed by atoms with Crippen LogP contribution in [0.2, 0.25) is 0 Å². The van der Waals surface area contributed by atoms with Crippen LogP contribution in [0.1, 0.15) is 44.6 Å². The number of rotatable bonds is 4. The first-order chi connectivity index (χ1) is 7.90. The molecule has 1 aromatic rings. The Morgan fingerprint density at radius 1 is 1.19 bits per heavy atom. The summed E-state index contributed by atoms with van der Waals surface area (Å²) in [5, 5.41) is 0. The molecule has 1 aliphatic heterocycles. The molecule has 1 atom stereocenters. The first-order valence-corrected chi connectivity index (χ1v) is 6.68. The van der Waals surface area contributed by atoms with Gasteiger partial charge < -0.3 is 0 Å². The lowest BCUT2D eigenvalue weighted by Crippen LogP contribution is -2.38. The molecule has 0 aromatic heterocycles. The van der Waals surface area contributed by atoms with Crippen LogP contribution in [-0.2, 0) is 6.54 Å². The van der Waals surface area contributed by atoms with E-state index in [4.69, 9.17) is 0 Å². The summed E-state index contributed by atoms with van der Waals surface area (Å²) in [4.78, 5) is 2.68. The predicted octanol–water partition coefficient (Wildman–Crippen LogP) is 3.84. The standard InChI is InChI=1S/C15H23N/c1-2-8-15-11-6-7-12-16(15)13-14-9-4-3-5-10-14/h3-5,9-10,15H,2,6-8,11-13H2,1H3/t15-/m1/s1. The second-order valence-electron chi connectivity index (χ2n) is 4.89. The Bertz CT molecular complexity index is 292. The zero-order chi connectivity index (χ0) is 11.2. The van der Waals surface area contributed by atoms with Gasteiger partial charge in [-0.25, -0.2) is 0 Å². The topological polar surface area (TPSA) is 3.24 Å². The summed E-state index contributed by atoms with van der Waals surface area (Å²) in [5.41, 5.74) is 1.46. The fourth-order valence-corrected chi connectivity index (χ4v) is 2.75. The van der Waals surface area contributed by atoms with Crippen molar-refractivity contribution < 1.29 is 0 Å². The molecule has 1 aromatic carbocycles. The highest BCUT2D eigenvalue weighted by Crippen LogP contribution is 2.22. The molecule has 1 aliphatic rings. The van der Waals surface area contributed by atoms with Gasteiger partial charge in [0.2, 0.25) is 0 Å². The van der Waals surface area contributed by atoms with Crippen molar-refractivity contribution in [3.8, 4) is 0 Å². The fourth-order valence-electron chi connectivity index (χ4n) is 2.75. The van der Waals surface area contributed by atoms with Gasteiger partial charge in [0.1, 0.15) is 0 Å². The Kier molecular flexibility index (Phi) is 4.41. The van der Waals surface area contributed by atoms with Crippen molar-refractivity contribution >= 4 is 0 Å². The van der Waals surface area contributed by atoms with Crippen LogP contribution < -0.4 is 0 Å². The second-order valence-corrected chi connectivity index (χ2v) is 4.89. The normalized spacial score (nSPS) is 22.2. The van der Waals surface area contributed by atoms with Crippen LogP contribution in [0.4, 0.5) is 0 Å². The molecule has 16 heavy (non-hydrogen) atoms. The summed E-state index contributed by atoms with van der Waals surface area (Å²) in [7, 11) is 0. The maximum atomic E-state index is 2.68. The monoisotopic (exact) mass is 217 g/mol. The maximum Gasteiger partial charge on any atom is 0.0236 e. The van der Waals surface area contributed by atoms with Crippen LogP contribution in [0, 0.1) is 0 Å². The molecule has 2 rings (SSSR count). The number of hydrogen-bond donors (Lipinski definition) is 0. The van der Waals surface area contributed by atoms with E-state index in [0.29, 0.717) is 0 Å². The minimum Gasteiger partial charge on any atom is -0.296 e. The minimum absolute atomic E-state index is 0.832. The average Bonchev–Trinajstić information content (AvgIpc) is 2.33. The van der Waals surface area contributed by atoms with E-state index in [9.17, 15) is 0 Å². The van der Waals surface area contributed by atoms with Gasteiger partial charge in [0, 0.05) is 12.6 Å². The SMILES string of the molecule is CCC[C@@H]1CCCCN1Cc1ccccc1. The van der Waals surface area contributed by atoms with E-state index in [1.807, 2.05) is 0 Å². The van der Waals surface area contributed by atoms with Crippen molar-refractivity contribution in [2.75, 3.05) is 6.54 Å². The third-order valence-corrected chi connectivity index (χ3v) is 3.60. The molecule has 0 amide bonds. The van der Waals surface area contributed by atoms with E-state index in [-0.39, 0.29) is 0 Å². The summed E-state index contributed by atoms with van der Waals surface area (Å²) in [6.45, 7) is 4.74. The van der Waals surface area contributed by atoms with Crippen LogP contribution in [0.25, 0.3) is 0 Å². The van der Waals surface area contributed by atoms with E-state index >= 15 is 0 Å². The van der Waals surface area contributed by atoms with Gasteiger partial charge in [-0.15, -0.1) is 0 Å². The number of piperidine rings is 1. The molecule has 0 radical (unpaired) electrons. The van der Waals surface area contributed by atoms with Crippen molar-refractivity contribution in [1.29, 1.82) is 0 Å². The van der Waals surface area contributed by atoms with Crippen LogP contribution in [0.3, 0.4) is 0 Å². The van der Waals surface area contributed by atoms with E-state index in [1.165, 1.54) is 44.2 Å². The second kappa shape index (κ2) is 6.05. The van der Waals surface area contributed by atoms with E-state index < -0.39 is 0 Å². The smallest absolute Gasteiger partial charge is 0.0236 e. The summed E-state index contributed by atoms with van der Waals surface area (Å²) < 4.78 is 0. The summed E-state index contributed by atoms with van der Waals surface area (Å²) in [5.74, 6) is 0. The molecule has 0 saturated carbocycles. The Balaban J connectivity index is 1.96. The first kappa shape index (κ1) is 11.7. The molecule has 0 N–H and O–H groups in total. The lowest BCUT2D eigenvalue weighted by Gasteiger charge is -2.35. The molecule has 1 saturated heterocycles. The predicted molar refractivity (Wildman–Crippen MR) is 69.4 cm³/mol. The molecule has 1 fully saturated rings. The molecule has 88 valence electrons. The van der Waals surface area contributed by atoms with Gasteiger partial charge in [0.25, 0.3) is 0 Å². The van der Waals surface area contributed by atoms with Gasteiger partial charge in [-0.1, -0.05) is 50.1 Å². The van der Waals surface area contributed by atoms with Crippen LogP contribution in [-0.4, -0.2) is 17.5 Å². The molecular formula is C15H23N. The summed E-state index contributed by atoms with van der Waals surface area (Å²) in [6.07, 6.45) is 6.90. The molecule has 1 heteroatoms. The zero-order valence-electron chi connectivity index (χ0n) is 10.4. The lowest BCUT2D eigenvalue weighted by molar-refractivity contribution is 0.131. The first-order valence-electron chi connectivity index (χ1n) is 6.68. The Morgan fingerprint density at radius 3 is 2.75 bits per heavy atom. The highest BCUT2D eigenvalue weighted by Gasteiger charge is 2.21. The third kappa shape index (κ3) is 3.08. The number of hydrogen-bond acceptors (Lipinski definition) is 1. The molecule has 0 aliphatic carbocycles. The minimum atomic E-state index is 0.832. The Hall–Kier alpha value is -0.820. The van der Waals surface area contributed by atoms with E-state index in [1.54, 1.807) is 0 Å². The summed E-state index contributed by atoms with van der Waals surface area (Å²) in [6, 6.07) is 11.7. The number of likely N-dealkylation sites (tertiary alicyclic amines) is 1. The molecular weight excluding hydrogens is 194 g/mol. The molecule has 1 nitrogen and oxygen atoms in total. The van der Waals surface area contributed by atoms with E-state index in [2.05, 4.69) is 42.2 Å². The van der Waals surface area contributed by atoms with Gasteiger partial charge in [0.05, 0.1) is 0 Å². The van der Waals surface area contributed by atoms with Crippen molar-refractivity contribution in [3.63, 3.8) is 0 Å². The van der Waals surface area contributed by atoms with Gasteiger partial charge >= 0.3 is 0 Å². The van der Waals surface area contributed by atoms with Crippen molar-refractivity contribution in [1.82, 2.24) is 4.90 Å². The number of benzene rings is 1. The summed E-state index contributed by atoms with van der Waals surface area (Å²) >= 11 is 0. The average molecular weight is 217 g/mol. The van der Waals surface area contributed by atoms with Crippen LogP contribution in [0.15, 0.2) is 30.3 Å². The molecule has 1 heterocycles. The Labute approximate surface area is 99.5 Å². The lowest BCUT2D eigenvalue weighted by atomic mass is 9.97. The van der Waals surface area contributed by atoms with Crippen LogP contribution >= 0.6 is 0 Å². The maximum absolute atomic E-state index is 2.68. The number of nitrogens with zero attached hydrogens (tertiary/aromatic N) is 1. The largest absolute Gasteiger partial charge is 0.296 e. The van der Waals surface area contributed by atoms with Crippen molar-refractivity contribution in [2.24, 2.45) is 0 Å². The highest BCUT2D eigenvalue weighted by atomic mass is 15.2. The van der Waals surface area contributed by atoms with Gasteiger partial charge in [-0.3, -0.25) is 4.90 Å². The molecule has 0 bridgehead atoms. The van der Waals surface area contributed by atoms with Gasteiger partial charge in [0.15, 0.2) is 0 Å². The van der Waals surface area contributed by atoms with Gasteiger partial charge in [-0.05, 0) is 31.4 Å². The molecule has 0 unspecified atom stereocenters.